The lowest BCUT2D eigenvalue weighted by molar-refractivity contribution is 0.102. The van der Waals surface area contributed by atoms with Crippen LogP contribution in [0.2, 0.25) is 0 Å². The van der Waals surface area contributed by atoms with Gasteiger partial charge in [0.1, 0.15) is 18.2 Å². The normalized spacial score (nSPS) is 20.6. The van der Waals surface area contributed by atoms with Crippen molar-refractivity contribution in [3.05, 3.63) is 42.2 Å². The number of hydrogen-bond donors (Lipinski definition) is 0. The van der Waals surface area contributed by atoms with Crippen molar-refractivity contribution in [1.29, 1.82) is 0 Å². The lowest BCUT2D eigenvalue weighted by Crippen LogP contribution is -2.46. The fourth-order valence-electron chi connectivity index (χ4n) is 4.37. The maximum Gasteiger partial charge on any atom is 0.165 e. The van der Waals surface area contributed by atoms with Crippen molar-refractivity contribution in [1.82, 2.24) is 19.5 Å². The first-order valence-corrected chi connectivity index (χ1v) is 10.2. The molecule has 0 amide bonds. The molecule has 2 aliphatic rings. The Bertz CT molecular complexity index is 998. The maximum atomic E-state index is 6.27. The summed E-state index contributed by atoms with van der Waals surface area (Å²) >= 11 is 0. The van der Waals surface area contributed by atoms with Gasteiger partial charge in [-0.15, -0.1) is 0 Å². The maximum absolute atomic E-state index is 6.27. The van der Waals surface area contributed by atoms with E-state index in [0.29, 0.717) is 6.04 Å². The highest BCUT2D eigenvalue weighted by atomic mass is 16.5. The third-order valence-electron chi connectivity index (χ3n) is 6.16. The third-order valence-corrected chi connectivity index (χ3v) is 6.16. The molecule has 5 rings (SSSR count). The van der Waals surface area contributed by atoms with E-state index in [4.69, 9.17) is 9.72 Å². The number of likely N-dealkylation sites (N-methyl/N-ethyl adjacent to an activating group) is 1. The Labute approximate surface area is 165 Å². The summed E-state index contributed by atoms with van der Waals surface area (Å²) in [4.78, 5) is 9.79. The highest BCUT2D eigenvalue weighted by Gasteiger charge is 2.24. The molecule has 0 radical (unpaired) electrons. The summed E-state index contributed by atoms with van der Waals surface area (Å²) in [5.74, 6) is 1.92. The average molecular weight is 377 g/mol. The molecule has 2 aromatic heterocycles. The molecule has 6 nitrogen and oxygen atoms in total. The number of rotatable bonds is 0. The Balaban J connectivity index is 1.62. The molecule has 1 saturated heterocycles. The van der Waals surface area contributed by atoms with Crippen LogP contribution < -0.4 is 9.64 Å². The zero-order valence-electron chi connectivity index (χ0n) is 16.6. The second-order valence-corrected chi connectivity index (χ2v) is 8.01. The van der Waals surface area contributed by atoms with E-state index in [1.165, 1.54) is 24.8 Å². The number of piperidine rings is 1. The summed E-state index contributed by atoms with van der Waals surface area (Å²) in [7, 11) is 2.13. The molecule has 28 heavy (non-hydrogen) atoms. The van der Waals surface area contributed by atoms with E-state index >= 15 is 0 Å². The van der Waals surface area contributed by atoms with Gasteiger partial charge in [-0.3, -0.25) is 4.90 Å². The van der Waals surface area contributed by atoms with Crippen LogP contribution in [0.5, 0.6) is 5.75 Å². The van der Waals surface area contributed by atoms with Gasteiger partial charge in [-0.05, 0) is 55.6 Å². The van der Waals surface area contributed by atoms with Crippen LogP contribution in [0.1, 0.15) is 24.8 Å². The summed E-state index contributed by atoms with van der Waals surface area (Å²) in [5.41, 5.74) is 4.28. The van der Waals surface area contributed by atoms with E-state index in [9.17, 15) is 0 Å². The summed E-state index contributed by atoms with van der Waals surface area (Å²) in [6, 6.07) is 8.89. The van der Waals surface area contributed by atoms with Gasteiger partial charge in [-0.2, -0.15) is 5.10 Å². The van der Waals surface area contributed by atoms with E-state index in [0.717, 1.165) is 54.6 Å². The van der Waals surface area contributed by atoms with Crippen LogP contribution in [0.25, 0.3) is 16.8 Å². The SMILES string of the molecule is Cc1ccc2cc1-c1cnn3ccc(nc13)N(C)CCN1CCCC[C@H]1CO2. The van der Waals surface area contributed by atoms with Crippen LogP contribution in [0.15, 0.2) is 36.7 Å². The molecule has 0 aliphatic carbocycles. The molecule has 3 aromatic rings. The molecule has 0 spiro atoms. The van der Waals surface area contributed by atoms with Crippen LogP contribution in [0, 0.1) is 6.92 Å². The van der Waals surface area contributed by atoms with Gasteiger partial charge in [0, 0.05) is 37.9 Å². The number of hydrogen-bond acceptors (Lipinski definition) is 5. The number of benzene rings is 1. The number of fused-ring (bicyclic) bond motifs is 5. The number of aromatic nitrogens is 3. The van der Waals surface area contributed by atoms with E-state index in [-0.39, 0.29) is 0 Å². The van der Waals surface area contributed by atoms with Gasteiger partial charge < -0.3 is 9.64 Å². The molecule has 0 N–H and O–H groups in total. The van der Waals surface area contributed by atoms with E-state index < -0.39 is 0 Å². The smallest absolute Gasteiger partial charge is 0.165 e. The first-order valence-electron chi connectivity index (χ1n) is 10.2. The minimum Gasteiger partial charge on any atom is -0.492 e. The Morgan fingerprint density at radius 3 is 2.93 bits per heavy atom. The lowest BCUT2D eigenvalue weighted by atomic mass is 10.0. The second kappa shape index (κ2) is 7.09. The van der Waals surface area contributed by atoms with Crippen molar-refractivity contribution in [3.63, 3.8) is 0 Å². The molecule has 1 fully saturated rings. The quantitative estimate of drug-likeness (QED) is 0.601. The van der Waals surface area contributed by atoms with E-state index in [1.807, 2.05) is 16.9 Å². The molecule has 1 aromatic carbocycles. The van der Waals surface area contributed by atoms with Crippen molar-refractivity contribution in [2.24, 2.45) is 0 Å². The largest absolute Gasteiger partial charge is 0.492 e. The Morgan fingerprint density at radius 1 is 1.07 bits per heavy atom. The van der Waals surface area contributed by atoms with Crippen molar-refractivity contribution in [2.45, 2.75) is 32.2 Å². The van der Waals surface area contributed by atoms with E-state index in [1.54, 1.807) is 0 Å². The number of anilines is 1. The minimum absolute atomic E-state index is 0.483. The molecule has 2 aliphatic heterocycles. The predicted octanol–water partition coefficient (Wildman–Crippen LogP) is 3.39. The Morgan fingerprint density at radius 2 is 2.00 bits per heavy atom. The average Bonchev–Trinajstić information content (AvgIpc) is 3.14. The zero-order valence-corrected chi connectivity index (χ0v) is 16.6. The highest BCUT2D eigenvalue weighted by molar-refractivity contribution is 5.80. The Hall–Kier alpha value is -2.60. The number of ether oxygens (including phenoxy) is 1. The third kappa shape index (κ3) is 3.11. The predicted molar refractivity (Wildman–Crippen MR) is 111 cm³/mol. The molecule has 0 saturated carbocycles. The van der Waals surface area contributed by atoms with Gasteiger partial charge in [-0.25, -0.2) is 9.50 Å². The molecule has 1 atom stereocenters. The zero-order chi connectivity index (χ0) is 19.1. The first-order chi connectivity index (χ1) is 13.7. The van der Waals surface area contributed by atoms with Gasteiger partial charge >= 0.3 is 0 Å². The standard InChI is InChI=1S/C22H27N5O/c1-16-6-7-18-13-19(16)20-14-23-27-10-8-21(24-22(20)27)25(2)11-12-26-9-4-3-5-17(26)15-28-18/h6-8,10,13-14,17H,3-5,9,11-12,15H2,1-2H3/t17-/m0/s1. The first kappa shape index (κ1) is 17.5. The monoisotopic (exact) mass is 377 g/mol. The summed E-state index contributed by atoms with van der Waals surface area (Å²) in [6.07, 6.45) is 7.69. The fraction of sp³-hybridized carbons (Fsp3) is 0.455. The molecule has 146 valence electrons. The molecule has 6 heteroatoms. The van der Waals surface area contributed by atoms with Crippen LogP contribution in [0.3, 0.4) is 0 Å². The summed E-state index contributed by atoms with van der Waals surface area (Å²) in [5, 5.41) is 4.52. The van der Waals surface area contributed by atoms with Gasteiger partial charge in [0.2, 0.25) is 0 Å². The number of aryl methyl sites for hydroxylation is 1. The molecule has 4 bridgehead atoms. The number of nitrogens with zero attached hydrogens (tertiary/aromatic N) is 5. The molecular formula is C22H27N5O. The van der Waals surface area contributed by atoms with E-state index in [2.05, 4.69) is 53.1 Å². The molecule has 4 heterocycles. The van der Waals surface area contributed by atoms with Crippen molar-refractivity contribution in [3.8, 4) is 16.9 Å². The highest BCUT2D eigenvalue weighted by Crippen LogP contribution is 2.31. The van der Waals surface area contributed by atoms with Gasteiger partial charge in [0.25, 0.3) is 0 Å². The van der Waals surface area contributed by atoms with Crippen molar-refractivity contribution < 1.29 is 4.74 Å². The topological polar surface area (TPSA) is 45.9 Å². The van der Waals surface area contributed by atoms with Gasteiger partial charge in [-0.1, -0.05) is 12.5 Å². The van der Waals surface area contributed by atoms with Crippen LogP contribution in [-0.2, 0) is 0 Å². The van der Waals surface area contributed by atoms with Gasteiger partial charge in [0.05, 0.1) is 6.20 Å². The van der Waals surface area contributed by atoms with Crippen LogP contribution in [0.4, 0.5) is 5.82 Å². The van der Waals surface area contributed by atoms with Crippen LogP contribution in [-0.4, -0.2) is 58.8 Å². The van der Waals surface area contributed by atoms with Crippen molar-refractivity contribution in [2.75, 3.05) is 38.2 Å². The minimum atomic E-state index is 0.483. The summed E-state index contributed by atoms with van der Waals surface area (Å²) < 4.78 is 8.12. The van der Waals surface area contributed by atoms with Gasteiger partial charge in [0.15, 0.2) is 5.65 Å². The molecule has 0 unspecified atom stereocenters. The van der Waals surface area contributed by atoms with Crippen LogP contribution >= 0.6 is 0 Å². The summed E-state index contributed by atoms with van der Waals surface area (Å²) in [6.45, 7) is 6.01. The Kier molecular flexibility index (Phi) is 4.43. The second-order valence-electron chi connectivity index (χ2n) is 8.01. The fourth-order valence-corrected chi connectivity index (χ4v) is 4.37. The molecular weight excluding hydrogens is 350 g/mol. The lowest BCUT2D eigenvalue weighted by Gasteiger charge is -2.36. The van der Waals surface area contributed by atoms with Crippen molar-refractivity contribution >= 4 is 11.5 Å².